The highest BCUT2D eigenvalue weighted by molar-refractivity contribution is 7.10. The van der Waals surface area contributed by atoms with E-state index in [9.17, 15) is 0 Å². The molecule has 0 radical (unpaired) electrons. The van der Waals surface area contributed by atoms with Crippen molar-refractivity contribution >= 4 is 11.3 Å². The van der Waals surface area contributed by atoms with E-state index in [-0.39, 0.29) is 0 Å². The predicted molar refractivity (Wildman–Crippen MR) is 124 cm³/mol. The molecule has 0 aliphatic carbocycles. The summed E-state index contributed by atoms with van der Waals surface area (Å²) in [7, 11) is 2.16. The van der Waals surface area contributed by atoms with Crippen LogP contribution in [0.2, 0.25) is 0 Å². The van der Waals surface area contributed by atoms with Crippen LogP contribution in [0.5, 0.6) is 5.75 Å². The highest BCUT2D eigenvalue weighted by Crippen LogP contribution is 2.28. The van der Waals surface area contributed by atoms with Crippen LogP contribution in [0.3, 0.4) is 0 Å². The van der Waals surface area contributed by atoms with Crippen LogP contribution in [-0.2, 0) is 17.8 Å². The van der Waals surface area contributed by atoms with Gasteiger partial charge in [0, 0.05) is 61.1 Å². The van der Waals surface area contributed by atoms with Crippen LogP contribution in [-0.4, -0.2) is 66.3 Å². The predicted octanol–water partition coefficient (Wildman–Crippen LogP) is 3.86. The Balaban J connectivity index is 1.48. The van der Waals surface area contributed by atoms with Gasteiger partial charge in [-0.25, -0.2) is 9.97 Å². The highest BCUT2D eigenvalue weighted by atomic mass is 32.1. The largest absolute Gasteiger partial charge is 0.492 e. The zero-order valence-electron chi connectivity index (χ0n) is 18.3. The van der Waals surface area contributed by atoms with E-state index >= 15 is 0 Å². The lowest BCUT2D eigenvalue weighted by Gasteiger charge is -2.26. The van der Waals surface area contributed by atoms with Gasteiger partial charge in [-0.2, -0.15) is 0 Å². The summed E-state index contributed by atoms with van der Waals surface area (Å²) in [4.78, 5) is 14.5. The number of rotatable bonds is 9. The Morgan fingerprint density at radius 1 is 1.10 bits per heavy atom. The van der Waals surface area contributed by atoms with Crippen LogP contribution in [0.4, 0.5) is 0 Å². The van der Waals surface area contributed by atoms with Crippen molar-refractivity contribution in [3.8, 4) is 16.9 Å². The molecule has 6 nitrogen and oxygen atoms in total. The third-order valence-corrected chi connectivity index (χ3v) is 6.55. The van der Waals surface area contributed by atoms with E-state index in [0.717, 1.165) is 62.8 Å². The van der Waals surface area contributed by atoms with Gasteiger partial charge in [0.25, 0.3) is 0 Å². The highest BCUT2D eigenvalue weighted by Gasteiger charge is 2.14. The molecule has 0 atom stereocenters. The SMILES string of the molecule is Cc1ccsc1CN(C)Cc1cc(-c2cncnc2)ccc1OCCN1CCOCC1. The minimum atomic E-state index is 0.675. The molecule has 1 aromatic carbocycles. The molecule has 0 unspecified atom stereocenters. The molecule has 0 bridgehead atoms. The molecule has 1 aliphatic heterocycles. The number of ether oxygens (including phenoxy) is 2. The number of hydrogen-bond donors (Lipinski definition) is 0. The van der Waals surface area contributed by atoms with E-state index in [1.807, 2.05) is 23.7 Å². The molecule has 3 aromatic rings. The van der Waals surface area contributed by atoms with Crippen molar-refractivity contribution in [2.45, 2.75) is 20.0 Å². The third kappa shape index (κ3) is 6.11. The summed E-state index contributed by atoms with van der Waals surface area (Å²) in [6.45, 7) is 9.09. The van der Waals surface area contributed by atoms with Crippen LogP contribution in [0.15, 0.2) is 48.4 Å². The van der Waals surface area contributed by atoms with Gasteiger partial charge >= 0.3 is 0 Å². The zero-order valence-corrected chi connectivity index (χ0v) is 19.1. The van der Waals surface area contributed by atoms with Crippen molar-refractivity contribution in [1.29, 1.82) is 0 Å². The molecule has 0 spiro atoms. The Kier molecular flexibility index (Phi) is 7.64. The molecular formula is C24H30N4O2S. The molecule has 1 aliphatic rings. The monoisotopic (exact) mass is 438 g/mol. The molecule has 0 N–H and O–H groups in total. The smallest absolute Gasteiger partial charge is 0.123 e. The Hall–Kier alpha value is -2.32. The van der Waals surface area contributed by atoms with Gasteiger partial charge in [-0.3, -0.25) is 9.80 Å². The van der Waals surface area contributed by atoms with Crippen molar-refractivity contribution in [2.75, 3.05) is 46.5 Å². The zero-order chi connectivity index (χ0) is 21.5. The van der Waals surface area contributed by atoms with Gasteiger partial charge in [-0.1, -0.05) is 6.07 Å². The Labute approximate surface area is 188 Å². The summed E-state index contributed by atoms with van der Waals surface area (Å²) in [5.41, 5.74) is 4.66. The molecule has 2 aromatic heterocycles. The minimum Gasteiger partial charge on any atom is -0.492 e. The first-order valence-corrected chi connectivity index (χ1v) is 11.6. The van der Waals surface area contributed by atoms with Gasteiger partial charge in [0.2, 0.25) is 0 Å². The first kappa shape index (κ1) is 21.9. The molecule has 3 heterocycles. The normalized spacial score (nSPS) is 14.8. The van der Waals surface area contributed by atoms with Crippen molar-refractivity contribution in [3.63, 3.8) is 0 Å². The van der Waals surface area contributed by atoms with Gasteiger partial charge in [0.05, 0.1) is 13.2 Å². The maximum Gasteiger partial charge on any atom is 0.123 e. The van der Waals surface area contributed by atoms with E-state index in [0.29, 0.717) is 6.61 Å². The maximum absolute atomic E-state index is 6.25. The Bertz CT molecular complexity index is 957. The van der Waals surface area contributed by atoms with Crippen LogP contribution < -0.4 is 4.74 Å². The van der Waals surface area contributed by atoms with Gasteiger partial charge < -0.3 is 9.47 Å². The van der Waals surface area contributed by atoms with Crippen LogP contribution >= 0.6 is 11.3 Å². The fraction of sp³-hybridized carbons (Fsp3) is 0.417. The van der Waals surface area contributed by atoms with Crippen molar-refractivity contribution in [3.05, 3.63) is 64.4 Å². The average molecular weight is 439 g/mol. The molecular weight excluding hydrogens is 408 g/mol. The summed E-state index contributed by atoms with van der Waals surface area (Å²) < 4.78 is 11.7. The third-order valence-electron chi connectivity index (χ3n) is 5.55. The molecule has 0 saturated carbocycles. The minimum absolute atomic E-state index is 0.675. The van der Waals surface area contributed by atoms with Crippen molar-refractivity contribution in [2.24, 2.45) is 0 Å². The molecule has 1 saturated heterocycles. The number of morpholine rings is 1. The molecule has 31 heavy (non-hydrogen) atoms. The topological polar surface area (TPSA) is 50.7 Å². The number of benzene rings is 1. The van der Waals surface area contributed by atoms with Crippen LogP contribution in [0.25, 0.3) is 11.1 Å². The fourth-order valence-corrected chi connectivity index (χ4v) is 4.72. The van der Waals surface area contributed by atoms with Gasteiger partial charge in [-0.05, 0) is 48.7 Å². The number of hydrogen-bond acceptors (Lipinski definition) is 7. The van der Waals surface area contributed by atoms with E-state index in [4.69, 9.17) is 9.47 Å². The molecule has 0 amide bonds. The van der Waals surface area contributed by atoms with Gasteiger partial charge in [0.1, 0.15) is 18.7 Å². The number of aromatic nitrogens is 2. The standard InChI is InChI=1S/C24H30N4O2S/c1-19-5-12-31-24(19)17-27(2)16-21-13-20(22-14-25-18-26-15-22)3-4-23(21)30-11-8-28-6-9-29-10-7-28/h3-5,12-15,18H,6-11,16-17H2,1-2H3. The fourth-order valence-electron chi connectivity index (χ4n) is 3.74. The van der Waals surface area contributed by atoms with E-state index in [2.05, 4.69) is 63.4 Å². The lowest BCUT2D eigenvalue weighted by molar-refractivity contribution is 0.0321. The number of thiophene rings is 1. The molecule has 4 rings (SSSR count). The molecule has 1 fully saturated rings. The van der Waals surface area contributed by atoms with E-state index < -0.39 is 0 Å². The van der Waals surface area contributed by atoms with E-state index in [1.165, 1.54) is 16.0 Å². The Morgan fingerprint density at radius 2 is 1.90 bits per heavy atom. The molecule has 164 valence electrons. The molecule has 7 heteroatoms. The first-order chi connectivity index (χ1) is 15.2. The van der Waals surface area contributed by atoms with Gasteiger partial charge in [-0.15, -0.1) is 11.3 Å². The Morgan fingerprint density at radius 3 is 2.65 bits per heavy atom. The summed E-state index contributed by atoms with van der Waals surface area (Å²) in [5, 5.41) is 2.16. The number of aryl methyl sites for hydroxylation is 1. The second kappa shape index (κ2) is 10.8. The number of nitrogens with zero attached hydrogens (tertiary/aromatic N) is 4. The summed E-state index contributed by atoms with van der Waals surface area (Å²) in [6, 6.07) is 8.57. The second-order valence-corrected chi connectivity index (χ2v) is 8.95. The summed E-state index contributed by atoms with van der Waals surface area (Å²) >= 11 is 1.82. The summed E-state index contributed by atoms with van der Waals surface area (Å²) in [5.74, 6) is 0.948. The quantitative estimate of drug-likeness (QED) is 0.506. The van der Waals surface area contributed by atoms with Crippen LogP contribution in [0.1, 0.15) is 16.0 Å². The first-order valence-electron chi connectivity index (χ1n) is 10.7. The van der Waals surface area contributed by atoms with Crippen molar-refractivity contribution in [1.82, 2.24) is 19.8 Å². The van der Waals surface area contributed by atoms with Crippen molar-refractivity contribution < 1.29 is 9.47 Å². The summed E-state index contributed by atoms with van der Waals surface area (Å²) in [6.07, 6.45) is 5.26. The van der Waals surface area contributed by atoms with Gasteiger partial charge in [0.15, 0.2) is 0 Å². The lowest BCUT2D eigenvalue weighted by atomic mass is 10.0. The maximum atomic E-state index is 6.25. The lowest BCUT2D eigenvalue weighted by Crippen LogP contribution is -2.38. The van der Waals surface area contributed by atoms with Crippen LogP contribution in [0, 0.1) is 6.92 Å². The average Bonchev–Trinajstić information content (AvgIpc) is 3.20. The second-order valence-electron chi connectivity index (χ2n) is 7.95. The van der Waals surface area contributed by atoms with E-state index in [1.54, 1.807) is 6.33 Å².